The first-order valence-electron chi connectivity index (χ1n) is 10.8. The van der Waals surface area contributed by atoms with Gasteiger partial charge in [0.1, 0.15) is 0 Å². The highest BCUT2D eigenvalue weighted by atomic mass is 16.3. The van der Waals surface area contributed by atoms with Crippen LogP contribution in [0.5, 0.6) is 0 Å². The molecule has 2 bridgehead atoms. The van der Waals surface area contributed by atoms with E-state index in [9.17, 15) is 10.2 Å². The molecule has 1 saturated heterocycles. The smallest absolute Gasteiger partial charge is 0.0861 e. The van der Waals surface area contributed by atoms with Gasteiger partial charge >= 0.3 is 0 Å². The van der Waals surface area contributed by atoms with Crippen molar-refractivity contribution >= 4 is 0 Å². The molecule has 4 saturated carbocycles. The molecule has 0 aromatic carbocycles. The second kappa shape index (κ2) is 5.69. The lowest BCUT2D eigenvalue weighted by Gasteiger charge is -2.69. The third-order valence-electron chi connectivity index (χ3n) is 9.05. The minimum atomic E-state index is -0.467. The Labute approximate surface area is 146 Å². The molecule has 1 aliphatic heterocycles. The van der Waals surface area contributed by atoms with Gasteiger partial charge in [0.2, 0.25) is 0 Å². The predicted octanol–water partition coefficient (Wildman–Crippen LogP) is 3.33. The summed E-state index contributed by atoms with van der Waals surface area (Å²) in [4.78, 5) is 2.72. The molecule has 0 spiro atoms. The minimum Gasteiger partial charge on any atom is -0.393 e. The van der Waals surface area contributed by atoms with E-state index < -0.39 is 5.60 Å². The summed E-state index contributed by atoms with van der Waals surface area (Å²) in [6, 6.07) is 0.406. The molecule has 5 aliphatic rings. The summed E-state index contributed by atoms with van der Waals surface area (Å²) in [6.07, 6.45) is 14.4. The monoisotopic (exact) mass is 333 g/mol. The topological polar surface area (TPSA) is 43.7 Å². The number of piperidine rings is 1. The fourth-order valence-corrected chi connectivity index (χ4v) is 7.66. The summed E-state index contributed by atoms with van der Waals surface area (Å²) in [7, 11) is 0. The zero-order valence-corrected chi connectivity index (χ0v) is 15.1. The third kappa shape index (κ3) is 2.13. The molecule has 6 atom stereocenters. The second-order valence-electron chi connectivity index (χ2n) is 9.91. The average molecular weight is 334 g/mol. The van der Waals surface area contributed by atoms with Crippen molar-refractivity contribution in [1.82, 2.24) is 4.90 Å². The Bertz CT molecular complexity index is 492. The molecular weight excluding hydrogens is 298 g/mol. The van der Waals surface area contributed by atoms with Gasteiger partial charge in [0.25, 0.3) is 0 Å². The van der Waals surface area contributed by atoms with Crippen LogP contribution in [-0.2, 0) is 0 Å². The van der Waals surface area contributed by atoms with E-state index in [1.54, 1.807) is 0 Å². The standard InChI is InChI=1S/C21H35NO2/c23-17-7-6-16-12-19-21(24)9-2-1-8-20(21,18(16)13-17)10-11-22(19)14-15-4-3-5-15/h15-19,23-24H,1-14H2/t16?,17?,18?,19-,20+,21-/m1/s1. The Morgan fingerprint density at radius 3 is 2.54 bits per heavy atom. The van der Waals surface area contributed by atoms with Gasteiger partial charge in [0.05, 0.1) is 11.7 Å². The highest BCUT2D eigenvalue weighted by Crippen LogP contribution is 2.65. The van der Waals surface area contributed by atoms with Crippen LogP contribution in [0.4, 0.5) is 0 Å². The van der Waals surface area contributed by atoms with Gasteiger partial charge in [-0.3, -0.25) is 4.90 Å². The first-order valence-corrected chi connectivity index (χ1v) is 10.8. The zero-order valence-electron chi connectivity index (χ0n) is 15.1. The molecule has 3 unspecified atom stereocenters. The van der Waals surface area contributed by atoms with Crippen LogP contribution in [0.25, 0.3) is 0 Å². The van der Waals surface area contributed by atoms with Gasteiger partial charge in [-0.15, -0.1) is 0 Å². The van der Waals surface area contributed by atoms with Crippen molar-refractivity contribution in [1.29, 1.82) is 0 Å². The van der Waals surface area contributed by atoms with Crippen LogP contribution in [0.1, 0.15) is 77.0 Å². The molecule has 0 radical (unpaired) electrons. The van der Waals surface area contributed by atoms with Gasteiger partial charge in [-0.1, -0.05) is 19.3 Å². The summed E-state index contributed by atoms with van der Waals surface area (Å²) in [5.41, 5.74) is -0.345. The van der Waals surface area contributed by atoms with E-state index in [0.717, 1.165) is 31.1 Å². The number of aliphatic hydroxyl groups is 2. The Balaban J connectivity index is 1.48. The normalized spacial score (nSPS) is 52.2. The van der Waals surface area contributed by atoms with Gasteiger partial charge in [-0.2, -0.15) is 0 Å². The molecule has 2 N–H and O–H groups in total. The van der Waals surface area contributed by atoms with Crippen molar-refractivity contribution in [3.05, 3.63) is 0 Å². The van der Waals surface area contributed by atoms with Gasteiger partial charge in [0, 0.05) is 18.0 Å². The van der Waals surface area contributed by atoms with Crippen LogP contribution in [0.15, 0.2) is 0 Å². The fraction of sp³-hybridized carbons (Fsp3) is 1.00. The number of likely N-dealkylation sites (tertiary alicyclic amines) is 1. The summed E-state index contributed by atoms with van der Waals surface area (Å²) in [6.45, 7) is 2.44. The summed E-state index contributed by atoms with van der Waals surface area (Å²) >= 11 is 0. The van der Waals surface area contributed by atoms with Crippen molar-refractivity contribution in [2.75, 3.05) is 13.1 Å². The maximum atomic E-state index is 12.0. The SMILES string of the molecule is OC1CCC2C[C@H]3N(CC4CCC4)CC[C@@]4(CCCC[C@@]34O)C2C1. The van der Waals surface area contributed by atoms with Gasteiger partial charge in [-0.05, 0) is 82.1 Å². The van der Waals surface area contributed by atoms with Crippen LogP contribution in [0.2, 0.25) is 0 Å². The van der Waals surface area contributed by atoms with Crippen LogP contribution < -0.4 is 0 Å². The number of nitrogens with zero attached hydrogens (tertiary/aromatic N) is 1. The molecule has 0 amide bonds. The van der Waals surface area contributed by atoms with E-state index in [4.69, 9.17) is 0 Å². The Morgan fingerprint density at radius 2 is 1.75 bits per heavy atom. The molecule has 136 valence electrons. The number of hydrogen-bond acceptors (Lipinski definition) is 3. The van der Waals surface area contributed by atoms with Crippen LogP contribution in [-0.4, -0.2) is 45.9 Å². The highest BCUT2D eigenvalue weighted by Gasteiger charge is 2.67. The average Bonchev–Trinajstić information content (AvgIpc) is 2.53. The first-order chi connectivity index (χ1) is 11.6. The molecule has 3 heteroatoms. The predicted molar refractivity (Wildman–Crippen MR) is 94.6 cm³/mol. The number of fused-ring (bicyclic) bond motifs is 1. The molecule has 0 aromatic heterocycles. The summed E-state index contributed by atoms with van der Waals surface area (Å²) < 4.78 is 0. The third-order valence-corrected chi connectivity index (χ3v) is 9.05. The molecule has 4 aliphatic carbocycles. The molecule has 1 heterocycles. The summed E-state index contributed by atoms with van der Waals surface area (Å²) in [5, 5.41) is 22.4. The summed E-state index contributed by atoms with van der Waals surface area (Å²) in [5.74, 6) is 2.23. The molecular formula is C21H35NO2. The maximum absolute atomic E-state index is 12.0. The van der Waals surface area contributed by atoms with Crippen molar-refractivity contribution < 1.29 is 10.2 Å². The zero-order chi connectivity index (χ0) is 16.4. The van der Waals surface area contributed by atoms with E-state index in [1.165, 1.54) is 70.9 Å². The second-order valence-corrected chi connectivity index (χ2v) is 9.91. The quantitative estimate of drug-likeness (QED) is 0.814. The van der Waals surface area contributed by atoms with Gasteiger partial charge < -0.3 is 10.2 Å². The lowest BCUT2D eigenvalue weighted by Crippen LogP contribution is -2.74. The van der Waals surface area contributed by atoms with Crippen molar-refractivity contribution in [3.63, 3.8) is 0 Å². The molecule has 3 nitrogen and oxygen atoms in total. The van der Waals surface area contributed by atoms with E-state index in [-0.39, 0.29) is 11.5 Å². The Hall–Kier alpha value is -0.120. The van der Waals surface area contributed by atoms with Gasteiger partial charge in [0.15, 0.2) is 0 Å². The lowest BCUT2D eigenvalue weighted by atomic mass is 9.43. The van der Waals surface area contributed by atoms with Crippen molar-refractivity contribution in [2.45, 2.75) is 94.8 Å². The largest absolute Gasteiger partial charge is 0.393 e. The van der Waals surface area contributed by atoms with E-state index in [0.29, 0.717) is 12.0 Å². The lowest BCUT2D eigenvalue weighted by molar-refractivity contribution is -0.263. The van der Waals surface area contributed by atoms with Crippen LogP contribution in [0, 0.1) is 23.2 Å². The van der Waals surface area contributed by atoms with E-state index >= 15 is 0 Å². The Morgan fingerprint density at radius 1 is 0.917 bits per heavy atom. The van der Waals surface area contributed by atoms with Crippen LogP contribution >= 0.6 is 0 Å². The highest BCUT2D eigenvalue weighted by molar-refractivity contribution is 5.19. The van der Waals surface area contributed by atoms with Gasteiger partial charge in [-0.25, -0.2) is 0 Å². The minimum absolute atomic E-state index is 0.114. The fourth-order valence-electron chi connectivity index (χ4n) is 7.66. The van der Waals surface area contributed by atoms with Crippen LogP contribution in [0.3, 0.4) is 0 Å². The van der Waals surface area contributed by atoms with Crippen molar-refractivity contribution in [3.8, 4) is 0 Å². The first kappa shape index (κ1) is 16.1. The molecule has 5 rings (SSSR count). The Kier molecular flexibility index (Phi) is 3.81. The molecule has 5 fully saturated rings. The number of aliphatic hydroxyl groups excluding tert-OH is 1. The van der Waals surface area contributed by atoms with E-state index in [2.05, 4.69) is 4.90 Å². The molecule has 24 heavy (non-hydrogen) atoms. The molecule has 0 aromatic rings. The number of rotatable bonds is 2. The van der Waals surface area contributed by atoms with E-state index in [1.807, 2.05) is 0 Å². The number of hydrogen-bond donors (Lipinski definition) is 2. The maximum Gasteiger partial charge on any atom is 0.0861 e. The van der Waals surface area contributed by atoms with Crippen molar-refractivity contribution in [2.24, 2.45) is 23.2 Å².